The number of carboxylic acids is 2. The maximum absolute atomic E-state index is 14.2. The van der Waals surface area contributed by atoms with Crippen LogP contribution in [0.25, 0.3) is 0 Å². The van der Waals surface area contributed by atoms with E-state index in [-0.39, 0.29) is 57.6 Å². The molecule has 0 radical (unpaired) electrons. The average Bonchev–Trinajstić information content (AvgIpc) is 3.93. The Hall–Kier alpha value is -7.48. The SMILES string of the molecule is CCOC(=O)CCSC(=O)CCNC(=O)C1CCC(=O)N[C@@H](CO)C(=O)NCC(=O)NCC(=O)NC(CC(=O)O)C(=O)N2CCC[C@H]2C(=O)N[C@@H](CCC(=O)O)C(=O)NC([C@@H](C)CC)C(=O)N[C@@H](C(C)C)C(=O)NC([C@@H](C)O)C(=O)N1. The fraction of sp³-hybridized carbons (Fsp3) is 0.694. The van der Waals surface area contributed by atoms with Crippen molar-refractivity contribution in [3.8, 4) is 0 Å². The number of thioether (sulfide) groups is 1. The molecule has 0 aromatic rings. The van der Waals surface area contributed by atoms with Gasteiger partial charge in [0, 0.05) is 38.1 Å². The lowest BCUT2D eigenvalue weighted by atomic mass is 9.95. The molecule has 0 aliphatic carbocycles. The molecule has 10 atom stereocenters. The highest BCUT2D eigenvalue weighted by Gasteiger charge is 2.41. The van der Waals surface area contributed by atoms with Crippen LogP contribution in [0.15, 0.2) is 0 Å². The largest absolute Gasteiger partial charge is 0.481 e. The predicted octanol–water partition coefficient (Wildman–Crippen LogP) is -5.47. The molecule has 454 valence electrons. The summed E-state index contributed by atoms with van der Waals surface area (Å²) in [6.07, 6.45) is -5.07. The molecule has 14 N–H and O–H groups in total. The van der Waals surface area contributed by atoms with Gasteiger partial charge in [0.15, 0.2) is 5.12 Å². The van der Waals surface area contributed by atoms with Crippen molar-refractivity contribution in [3.63, 3.8) is 0 Å². The van der Waals surface area contributed by atoms with Gasteiger partial charge in [0.1, 0.15) is 48.3 Å². The predicted molar refractivity (Wildman–Crippen MR) is 282 cm³/mol. The highest BCUT2D eigenvalue weighted by Crippen LogP contribution is 2.21. The molecular formula is C49H77N11O20S. The lowest BCUT2D eigenvalue weighted by Crippen LogP contribution is -2.63. The standard InChI is InChI=1S/C49H77N11O20S/c1-7-25(5)40-47(77)57-39(24(3)4)46(76)59-41(26(6)62)48(78)56-27(42(72)50-17-15-38(71)81-19-16-37(70)80-8-2)11-13-32(63)54-30(23-61)43(73)52-21-33(64)51-22-34(65)53-29(20-36(68)69)49(79)60-18-9-10-31(60)45(75)55-28(44(74)58-40)12-14-35(66)67/h24-31,39-41,61-62H,7-23H2,1-6H3,(H,50,72)(H,51,64)(H,52,73)(H,53,65)(H,54,63)(H,55,75)(H,56,78)(H,57,77)(H,58,74)(H,59,76)(H,66,67)(H,68,69)/t25-,26+,27?,28-,29?,30-,31-,39-,40?,41?/m0/s1. The van der Waals surface area contributed by atoms with Crippen LogP contribution in [0.5, 0.6) is 0 Å². The van der Waals surface area contributed by atoms with Gasteiger partial charge < -0.3 is 83.2 Å². The van der Waals surface area contributed by atoms with Crippen molar-refractivity contribution in [1.82, 2.24) is 58.1 Å². The minimum atomic E-state index is -1.86. The first-order valence-electron chi connectivity index (χ1n) is 26.4. The normalized spacial score (nSPS) is 24.7. The van der Waals surface area contributed by atoms with Crippen LogP contribution in [0.1, 0.15) is 106 Å². The number of aliphatic hydroxyl groups is 2. The third-order valence-electron chi connectivity index (χ3n) is 12.7. The van der Waals surface area contributed by atoms with E-state index in [4.69, 9.17) is 4.74 Å². The number of amides is 11. The molecule has 2 saturated heterocycles. The van der Waals surface area contributed by atoms with Crippen LogP contribution in [-0.4, -0.2) is 213 Å². The van der Waals surface area contributed by atoms with E-state index in [0.717, 1.165) is 23.6 Å². The number of ether oxygens (including phenoxy) is 1. The molecule has 2 heterocycles. The van der Waals surface area contributed by atoms with Crippen LogP contribution >= 0.6 is 11.8 Å². The lowest BCUT2D eigenvalue weighted by Gasteiger charge is -2.31. The molecule has 0 saturated carbocycles. The van der Waals surface area contributed by atoms with Gasteiger partial charge in [0.2, 0.25) is 65.0 Å². The lowest BCUT2D eigenvalue weighted by molar-refractivity contribution is -0.146. The zero-order valence-corrected chi connectivity index (χ0v) is 46.9. The Morgan fingerprint density at radius 3 is 1.89 bits per heavy atom. The van der Waals surface area contributed by atoms with Crippen molar-refractivity contribution in [2.75, 3.05) is 45.1 Å². The zero-order chi connectivity index (χ0) is 61.1. The van der Waals surface area contributed by atoms with Gasteiger partial charge in [0.05, 0.1) is 45.2 Å². The number of hydrogen-bond acceptors (Lipinski definition) is 19. The summed E-state index contributed by atoms with van der Waals surface area (Å²) in [7, 11) is 0. The third-order valence-corrected chi connectivity index (χ3v) is 13.7. The second kappa shape index (κ2) is 35.3. The summed E-state index contributed by atoms with van der Waals surface area (Å²) in [5.74, 6) is -16.3. The molecule has 4 unspecified atom stereocenters. The minimum Gasteiger partial charge on any atom is -0.481 e. The Morgan fingerprint density at radius 2 is 1.28 bits per heavy atom. The molecule has 0 aromatic carbocycles. The van der Waals surface area contributed by atoms with Crippen molar-refractivity contribution < 1.29 is 97.1 Å². The molecule has 11 amide bonds. The first kappa shape index (κ1) is 69.6. The Labute approximate surface area is 470 Å². The summed E-state index contributed by atoms with van der Waals surface area (Å²) in [5.41, 5.74) is 0. The van der Waals surface area contributed by atoms with Gasteiger partial charge >= 0.3 is 17.9 Å². The van der Waals surface area contributed by atoms with Gasteiger partial charge in [-0.25, -0.2) is 0 Å². The topological polar surface area (TPSA) is 470 Å². The molecule has 32 heteroatoms. The van der Waals surface area contributed by atoms with E-state index >= 15 is 0 Å². The van der Waals surface area contributed by atoms with E-state index in [1.54, 1.807) is 20.8 Å². The summed E-state index contributed by atoms with van der Waals surface area (Å²) in [5, 5.41) is 62.9. The maximum atomic E-state index is 14.2. The van der Waals surface area contributed by atoms with Crippen molar-refractivity contribution in [3.05, 3.63) is 0 Å². The van der Waals surface area contributed by atoms with Gasteiger partial charge in [-0.2, -0.15) is 0 Å². The Bertz CT molecular complexity index is 2310. The minimum absolute atomic E-state index is 0.0312. The molecule has 31 nitrogen and oxygen atoms in total. The van der Waals surface area contributed by atoms with Crippen molar-refractivity contribution >= 4 is 99.8 Å². The van der Waals surface area contributed by atoms with Gasteiger partial charge in [0.25, 0.3) is 0 Å². The fourth-order valence-corrected chi connectivity index (χ4v) is 8.82. The highest BCUT2D eigenvalue weighted by molar-refractivity contribution is 8.13. The van der Waals surface area contributed by atoms with E-state index < -0.39 is 206 Å². The number of nitrogens with one attached hydrogen (secondary N) is 10. The van der Waals surface area contributed by atoms with Crippen LogP contribution in [0.3, 0.4) is 0 Å². The van der Waals surface area contributed by atoms with E-state index in [1.807, 2.05) is 0 Å². The van der Waals surface area contributed by atoms with E-state index in [2.05, 4.69) is 53.2 Å². The summed E-state index contributed by atoms with van der Waals surface area (Å²) < 4.78 is 4.83. The Morgan fingerprint density at radius 1 is 0.667 bits per heavy atom. The third kappa shape index (κ3) is 24.4. The van der Waals surface area contributed by atoms with Gasteiger partial charge in [-0.1, -0.05) is 45.9 Å². The number of aliphatic hydroxyl groups excluding tert-OH is 2. The zero-order valence-electron chi connectivity index (χ0n) is 46.0. The van der Waals surface area contributed by atoms with Gasteiger partial charge in [-0.3, -0.25) is 71.9 Å². The summed E-state index contributed by atoms with van der Waals surface area (Å²) in [6, 6.07) is -13.1. The van der Waals surface area contributed by atoms with Crippen LogP contribution in [0, 0.1) is 11.8 Å². The van der Waals surface area contributed by atoms with Gasteiger partial charge in [-0.15, -0.1) is 0 Å². The Balaban J connectivity index is 2.61. The average molecular weight is 1170 g/mol. The number of carbonyl (C=O) groups is 15. The Kier molecular flexibility index (Phi) is 30.3. The molecule has 0 bridgehead atoms. The number of rotatable bonds is 18. The van der Waals surface area contributed by atoms with Crippen molar-refractivity contribution in [2.45, 2.75) is 160 Å². The summed E-state index contributed by atoms with van der Waals surface area (Å²) >= 11 is 0.798. The number of carbonyl (C=O) groups excluding carboxylic acids is 13. The number of hydrogen-bond donors (Lipinski definition) is 14. The molecule has 0 aromatic heterocycles. The van der Waals surface area contributed by atoms with Crippen LogP contribution < -0.4 is 53.2 Å². The molecule has 2 aliphatic rings. The number of aliphatic carboxylic acids is 2. The summed E-state index contributed by atoms with van der Waals surface area (Å²) in [4.78, 5) is 198. The number of fused-ring (bicyclic) bond motifs is 1. The maximum Gasteiger partial charge on any atom is 0.306 e. The molecule has 81 heavy (non-hydrogen) atoms. The molecule has 2 rings (SSSR count). The van der Waals surface area contributed by atoms with Crippen LogP contribution in [0.4, 0.5) is 0 Å². The second-order valence-corrected chi connectivity index (χ2v) is 20.6. The molecule has 0 spiro atoms. The summed E-state index contributed by atoms with van der Waals surface area (Å²) in [6.45, 7) is 5.93. The second-order valence-electron chi connectivity index (χ2n) is 19.4. The fourth-order valence-electron chi connectivity index (χ4n) is 8.07. The first-order chi connectivity index (χ1) is 38.1. The van der Waals surface area contributed by atoms with Gasteiger partial charge in [-0.05, 0) is 51.4 Å². The first-order valence-corrected chi connectivity index (χ1v) is 27.4. The highest BCUT2D eigenvalue weighted by atomic mass is 32.2. The van der Waals surface area contributed by atoms with Crippen LogP contribution in [-0.2, 0) is 76.7 Å². The molecule has 2 aliphatic heterocycles. The number of nitrogens with zero attached hydrogens (tertiary/aromatic N) is 1. The molecular weight excluding hydrogens is 1090 g/mol. The smallest absolute Gasteiger partial charge is 0.306 e. The quantitative estimate of drug-likeness (QED) is 0.0570. The monoisotopic (exact) mass is 1170 g/mol. The van der Waals surface area contributed by atoms with Crippen molar-refractivity contribution in [1.29, 1.82) is 0 Å². The van der Waals surface area contributed by atoms with E-state index in [9.17, 15) is 92.3 Å². The molecule has 2 fully saturated rings. The number of carboxylic acid groups (broad SMARTS) is 2. The van der Waals surface area contributed by atoms with E-state index in [0.29, 0.717) is 0 Å². The number of esters is 1. The van der Waals surface area contributed by atoms with Crippen molar-refractivity contribution in [2.24, 2.45) is 11.8 Å². The van der Waals surface area contributed by atoms with Crippen LogP contribution in [0.2, 0.25) is 0 Å². The van der Waals surface area contributed by atoms with E-state index in [1.165, 1.54) is 13.8 Å².